The Hall–Kier alpha value is -2.53. The molecule has 25 heavy (non-hydrogen) atoms. The highest BCUT2D eigenvalue weighted by atomic mass is 32.2. The highest BCUT2D eigenvalue weighted by molar-refractivity contribution is 7.92. The fourth-order valence-corrected chi connectivity index (χ4v) is 3.87. The maximum Gasteiger partial charge on any atom is 0.264 e. The molecule has 0 bridgehead atoms. The molecule has 134 valence electrons. The second kappa shape index (κ2) is 6.76. The van der Waals surface area contributed by atoms with Gasteiger partial charge in [0.2, 0.25) is 5.91 Å². The predicted octanol–water partition coefficient (Wildman–Crippen LogP) is 1.59. The summed E-state index contributed by atoms with van der Waals surface area (Å²) in [7, 11) is -8.25. The summed E-state index contributed by atoms with van der Waals surface area (Å²) in [5.74, 6) is -3.28. The average molecular weight is 390 g/mol. The molecule has 0 saturated heterocycles. The zero-order valence-electron chi connectivity index (χ0n) is 12.7. The van der Waals surface area contributed by atoms with Gasteiger partial charge in [0.05, 0.1) is 9.79 Å². The lowest BCUT2D eigenvalue weighted by molar-refractivity contribution is -0.117. The quantitative estimate of drug-likeness (QED) is 0.806. The lowest BCUT2D eigenvalue weighted by Crippen LogP contribution is -2.28. The minimum absolute atomic E-state index is 0.00786. The van der Waals surface area contributed by atoms with Crippen molar-refractivity contribution in [3.8, 4) is 0 Å². The Morgan fingerprint density at radius 1 is 0.840 bits per heavy atom. The van der Waals surface area contributed by atoms with Gasteiger partial charge in [0.25, 0.3) is 20.0 Å². The molecule has 2 N–H and O–H groups in total. The number of hydrogen-bond donors (Lipinski definition) is 2. The number of sulfonamides is 2. The molecule has 0 fully saturated rings. The van der Waals surface area contributed by atoms with Gasteiger partial charge in [-0.2, -0.15) is 0 Å². The summed E-state index contributed by atoms with van der Waals surface area (Å²) in [6.07, 6.45) is 0. The molecule has 2 aromatic rings. The van der Waals surface area contributed by atoms with Gasteiger partial charge in [0.1, 0.15) is 0 Å². The van der Waals surface area contributed by atoms with Crippen molar-refractivity contribution in [1.82, 2.24) is 4.72 Å². The van der Waals surface area contributed by atoms with Gasteiger partial charge in [-0.1, -0.05) is 0 Å². The molecule has 0 unspecified atom stereocenters. The lowest BCUT2D eigenvalue weighted by Gasteiger charge is -2.09. The first-order valence-corrected chi connectivity index (χ1v) is 9.59. The summed E-state index contributed by atoms with van der Waals surface area (Å²) in [6.45, 7) is 1.03. The van der Waals surface area contributed by atoms with Gasteiger partial charge in [-0.15, -0.1) is 0 Å². The largest absolute Gasteiger partial charge is 0.280 e. The first-order valence-electron chi connectivity index (χ1n) is 6.62. The SMILES string of the molecule is CC(=O)NS(=O)(=O)c1ccc(NS(=O)(=O)c2ccc(F)c(F)c2)cc1. The third kappa shape index (κ3) is 4.51. The van der Waals surface area contributed by atoms with Gasteiger partial charge < -0.3 is 0 Å². The van der Waals surface area contributed by atoms with E-state index < -0.39 is 42.5 Å². The standard InChI is InChI=1S/C14H12F2N2O5S2/c1-9(19)17-24(20,21)11-4-2-10(3-5-11)18-25(22,23)12-6-7-13(15)14(16)8-12/h2-8,18H,1H3,(H,17,19). The number of benzene rings is 2. The van der Waals surface area contributed by atoms with E-state index in [0.29, 0.717) is 12.1 Å². The molecule has 7 nitrogen and oxygen atoms in total. The Morgan fingerprint density at radius 3 is 1.92 bits per heavy atom. The van der Waals surface area contributed by atoms with Crippen LogP contribution in [0.4, 0.5) is 14.5 Å². The zero-order chi connectivity index (χ0) is 18.8. The van der Waals surface area contributed by atoms with Crippen LogP contribution in [0.1, 0.15) is 6.92 Å². The first kappa shape index (κ1) is 18.8. The molecule has 2 aromatic carbocycles. The Balaban J connectivity index is 2.26. The Labute approximate surface area is 142 Å². The highest BCUT2D eigenvalue weighted by Gasteiger charge is 2.18. The highest BCUT2D eigenvalue weighted by Crippen LogP contribution is 2.20. The average Bonchev–Trinajstić information content (AvgIpc) is 2.48. The fourth-order valence-electron chi connectivity index (χ4n) is 1.81. The third-order valence-electron chi connectivity index (χ3n) is 2.90. The van der Waals surface area contributed by atoms with E-state index in [1.807, 2.05) is 0 Å². The monoisotopic (exact) mass is 390 g/mol. The molecule has 0 aliphatic heterocycles. The van der Waals surface area contributed by atoms with Crippen LogP contribution in [0.3, 0.4) is 0 Å². The molecule has 0 saturated carbocycles. The Kier molecular flexibility index (Phi) is 5.09. The molecular weight excluding hydrogens is 378 g/mol. The fraction of sp³-hybridized carbons (Fsp3) is 0.0714. The second-order valence-electron chi connectivity index (χ2n) is 4.87. The van der Waals surface area contributed by atoms with E-state index in [4.69, 9.17) is 0 Å². The molecule has 0 aliphatic carbocycles. The van der Waals surface area contributed by atoms with Crippen LogP contribution in [0.25, 0.3) is 0 Å². The second-order valence-corrected chi connectivity index (χ2v) is 8.23. The van der Waals surface area contributed by atoms with Gasteiger partial charge >= 0.3 is 0 Å². The first-order chi connectivity index (χ1) is 11.5. The van der Waals surface area contributed by atoms with Crippen molar-refractivity contribution in [2.45, 2.75) is 16.7 Å². The number of anilines is 1. The van der Waals surface area contributed by atoms with E-state index in [1.165, 1.54) is 0 Å². The van der Waals surface area contributed by atoms with Crippen LogP contribution in [0.15, 0.2) is 52.3 Å². The van der Waals surface area contributed by atoms with Crippen molar-refractivity contribution >= 4 is 31.6 Å². The van der Waals surface area contributed by atoms with Crippen LogP contribution in [0, 0.1) is 11.6 Å². The van der Waals surface area contributed by atoms with Crippen molar-refractivity contribution in [3.05, 3.63) is 54.1 Å². The number of rotatable bonds is 5. The van der Waals surface area contributed by atoms with Crippen LogP contribution < -0.4 is 9.44 Å². The Morgan fingerprint density at radius 2 is 1.40 bits per heavy atom. The molecule has 0 atom stereocenters. The summed E-state index contributed by atoms with van der Waals surface area (Å²) < 4.78 is 77.7. The molecule has 0 spiro atoms. The molecular formula is C14H12F2N2O5S2. The van der Waals surface area contributed by atoms with Crippen molar-refractivity contribution in [2.75, 3.05) is 4.72 Å². The van der Waals surface area contributed by atoms with E-state index >= 15 is 0 Å². The van der Waals surface area contributed by atoms with E-state index in [1.54, 1.807) is 4.72 Å². The summed E-state index contributed by atoms with van der Waals surface area (Å²) in [5.41, 5.74) is -0.00786. The van der Waals surface area contributed by atoms with Gasteiger partial charge in [-0.05, 0) is 42.5 Å². The summed E-state index contributed by atoms with van der Waals surface area (Å²) in [4.78, 5) is 10.1. The van der Waals surface area contributed by atoms with E-state index in [0.717, 1.165) is 37.3 Å². The predicted molar refractivity (Wildman–Crippen MR) is 84.6 cm³/mol. The molecule has 2 rings (SSSR count). The number of amides is 1. The maximum absolute atomic E-state index is 13.2. The summed E-state index contributed by atoms with van der Waals surface area (Å²) in [6, 6.07) is 6.53. The van der Waals surface area contributed by atoms with E-state index in [9.17, 15) is 30.4 Å². The van der Waals surface area contributed by atoms with E-state index in [2.05, 4.69) is 4.72 Å². The van der Waals surface area contributed by atoms with Gasteiger partial charge in [0.15, 0.2) is 11.6 Å². The van der Waals surface area contributed by atoms with Crippen LogP contribution >= 0.6 is 0 Å². The molecule has 0 aromatic heterocycles. The Bertz CT molecular complexity index is 1020. The topological polar surface area (TPSA) is 109 Å². The minimum atomic E-state index is -4.20. The molecule has 0 aliphatic rings. The van der Waals surface area contributed by atoms with Crippen LogP contribution in [0.5, 0.6) is 0 Å². The van der Waals surface area contributed by atoms with Crippen molar-refractivity contribution in [3.63, 3.8) is 0 Å². The molecule has 0 heterocycles. The smallest absolute Gasteiger partial charge is 0.264 e. The summed E-state index contributed by atoms with van der Waals surface area (Å²) in [5, 5.41) is 0. The lowest BCUT2D eigenvalue weighted by atomic mass is 10.3. The van der Waals surface area contributed by atoms with Gasteiger partial charge in [-0.3, -0.25) is 9.52 Å². The number of carbonyl (C=O) groups excluding carboxylic acids is 1. The maximum atomic E-state index is 13.2. The van der Waals surface area contributed by atoms with Crippen molar-refractivity contribution < 1.29 is 30.4 Å². The molecule has 11 heteroatoms. The van der Waals surface area contributed by atoms with Crippen LogP contribution in [-0.4, -0.2) is 22.7 Å². The van der Waals surface area contributed by atoms with Gasteiger partial charge in [0, 0.05) is 12.6 Å². The molecule has 0 radical (unpaired) electrons. The number of carbonyl (C=O) groups is 1. The normalized spacial score (nSPS) is 11.8. The summed E-state index contributed by atoms with van der Waals surface area (Å²) >= 11 is 0. The van der Waals surface area contributed by atoms with Gasteiger partial charge in [-0.25, -0.2) is 30.3 Å². The van der Waals surface area contributed by atoms with E-state index in [-0.39, 0.29) is 10.6 Å². The number of halogens is 2. The third-order valence-corrected chi connectivity index (χ3v) is 5.72. The van der Waals surface area contributed by atoms with Crippen LogP contribution in [0.2, 0.25) is 0 Å². The van der Waals surface area contributed by atoms with Crippen molar-refractivity contribution in [2.24, 2.45) is 0 Å². The zero-order valence-corrected chi connectivity index (χ0v) is 14.3. The number of nitrogens with one attached hydrogen (secondary N) is 2. The van der Waals surface area contributed by atoms with Crippen LogP contribution in [-0.2, 0) is 24.8 Å². The molecule has 1 amide bonds. The number of hydrogen-bond acceptors (Lipinski definition) is 5. The van der Waals surface area contributed by atoms with Crippen molar-refractivity contribution in [1.29, 1.82) is 0 Å². The minimum Gasteiger partial charge on any atom is -0.280 e.